The van der Waals surface area contributed by atoms with E-state index in [1.807, 2.05) is 27.7 Å². The van der Waals surface area contributed by atoms with Crippen LogP contribution in [0.5, 0.6) is 0 Å². The third-order valence-corrected chi connectivity index (χ3v) is 7.07. The van der Waals surface area contributed by atoms with E-state index in [1.54, 1.807) is 0 Å². The molecular weight excluding hydrogens is 306 g/mol. The molecule has 2 rings (SSSR count). The highest BCUT2D eigenvalue weighted by Crippen LogP contribution is 2.39. The molecule has 2 unspecified atom stereocenters. The van der Waals surface area contributed by atoms with Crippen molar-refractivity contribution in [3.05, 3.63) is 28.3 Å². The minimum atomic E-state index is -3.49. The number of hydrogen-bond acceptors (Lipinski definition) is 2. The molecule has 23 heavy (non-hydrogen) atoms. The molecule has 0 radical (unpaired) electrons. The molecule has 1 saturated carbocycles. The van der Waals surface area contributed by atoms with Crippen LogP contribution in [-0.2, 0) is 10.0 Å². The fraction of sp³-hybridized carbons (Fsp3) is 0.684. The Morgan fingerprint density at radius 2 is 1.57 bits per heavy atom. The largest absolute Gasteiger partial charge is 0.241 e. The summed E-state index contributed by atoms with van der Waals surface area (Å²) in [5.74, 6) is 0.549. The summed E-state index contributed by atoms with van der Waals surface area (Å²) >= 11 is 0. The van der Waals surface area contributed by atoms with E-state index in [2.05, 4.69) is 31.6 Å². The number of nitrogens with one attached hydrogen (secondary N) is 1. The number of rotatable bonds is 3. The van der Waals surface area contributed by atoms with Gasteiger partial charge >= 0.3 is 0 Å². The second kappa shape index (κ2) is 6.21. The fourth-order valence-corrected chi connectivity index (χ4v) is 6.16. The van der Waals surface area contributed by atoms with Gasteiger partial charge in [-0.1, -0.05) is 26.8 Å². The second-order valence-electron chi connectivity index (χ2n) is 8.32. The molecule has 0 aromatic heterocycles. The molecule has 0 spiro atoms. The van der Waals surface area contributed by atoms with Gasteiger partial charge < -0.3 is 0 Å². The van der Waals surface area contributed by atoms with E-state index in [4.69, 9.17) is 0 Å². The smallest absolute Gasteiger partial charge is 0.208 e. The van der Waals surface area contributed by atoms with Crippen LogP contribution in [0.3, 0.4) is 0 Å². The molecule has 0 aliphatic heterocycles. The minimum Gasteiger partial charge on any atom is -0.208 e. The van der Waals surface area contributed by atoms with Crippen LogP contribution in [0.2, 0.25) is 0 Å². The van der Waals surface area contributed by atoms with Crippen molar-refractivity contribution in [1.82, 2.24) is 4.72 Å². The third kappa shape index (κ3) is 3.97. The highest BCUT2D eigenvalue weighted by Gasteiger charge is 2.35. The number of benzene rings is 1. The van der Waals surface area contributed by atoms with E-state index in [-0.39, 0.29) is 11.5 Å². The summed E-state index contributed by atoms with van der Waals surface area (Å²) in [6.07, 6.45) is 2.98. The summed E-state index contributed by atoms with van der Waals surface area (Å²) in [6, 6.07) is 2.09. The molecule has 0 bridgehead atoms. The minimum absolute atomic E-state index is 0.0263. The van der Waals surface area contributed by atoms with Crippen LogP contribution in [0.25, 0.3) is 0 Å². The molecule has 4 heteroatoms. The molecule has 1 aliphatic carbocycles. The van der Waals surface area contributed by atoms with Gasteiger partial charge in [0.1, 0.15) is 0 Å². The second-order valence-corrected chi connectivity index (χ2v) is 9.97. The molecule has 1 aliphatic rings. The maximum absolute atomic E-state index is 13.1. The van der Waals surface area contributed by atoms with Gasteiger partial charge in [0.05, 0.1) is 4.90 Å². The molecule has 0 saturated heterocycles. The normalized spacial score (nSPS) is 24.7. The average molecular weight is 338 g/mol. The molecule has 1 aromatic carbocycles. The van der Waals surface area contributed by atoms with Crippen molar-refractivity contribution in [1.29, 1.82) is 0 Å². The lowest BCUT2D eigenvalue weighted by Gasteiger charge is -2.39. The van der Waals surface area contributed by atoms with Crippen molar-refractivity contribution in [3.8, 4) is 0 Å². The van der Waals surface area contributed by atoms with Crippen LogP contribution < -0.4 is 4.72 Å². The molecule has 0 heterocycles. The van der Waals surface area contributed by atoms with Gasteiger partial charge in [0.2, 0.25) is 10.0 Å². The van der Waals surface area contributed by atoms with Gasteiger partial charge in [-0.25, -0.2) is 13.1 Å². The van der Waals surface area contributed by atoms with Crippen LogP contribution in [0.4, 0.5) is 0 Å². The van der Waals surface area contributed by atoms with Crippen molar-refractivity contribution < 1.29 is 8.42 Å². The zero-order valence-electron chi connectivity index (χ0n) is 15.6. The van der Waals surface area contributed by atoms with Crippen molar-refractivity contribution >= 4 is 10.0 Å². The monoisotopic (exact) mass is 337 g/mol. The SMILES string of the molecule is Cc1cc(C)c(C)c(S(=O)(=O)NC2CC(C)CC(C)(C)C2)c1C. The zero-order chi connectivity index (χ0) is 17.6. The maximum Gasteiger partial charge on any atom is 0.241 e. The zero-order valence-corrected chi connectivity index (χ0v) is 16.4. The van der Waals surface area contributed by atoms with Crippen LogP contribution in [0.15, 0.2) is 11.0 Å². The van der Waals surface area contributed by atoms with Gasteiger partial charge in [-0.3, -0.25) is 0 Å². The molecular formula is C19H31NO2S. The van der Waals surface area contributed by atoms with Gasteiger partial charge in [-0.15, -0.1) is 0 Å². The van der Waals surface area contributed by atoms with Crippen LogP contribution in [0.1, 0.15) is 62.3 Å². The Bertz CT molecular complexity index is 678. The molecule has 0 amide bonds. The van der Waals surface area contributed by atoms with Crippen LogP contribution in [0, 0.1) is 39.0 Å². The van der Waals surface area contributed by atoms with E-state index in [0.717, 1.165) is 41.5 Å². The summed E-state index contributed by atoms with van der Waals surface area (Å²) in [5, 5.41) is 0. The van der Waals surface area contributed by atoms with E-state index in [0.29, 0.717) is 10.8 Å². The number of hydrogen-bond donors (Lipinski definition) is 1. The van der Waals surface area contributed by atoms with Gasteiger partial charge in [-0.2, -0.15) is 0 Å². The Morgan fingerprint density at radius 1 is 1.04 bits per heavy atom. The van der Waals surface area contributed by atoms with Crippen molar-refractivity contribution in [2.45, 2.75) is 78.7 Å². The molecule has 1 fully saturated rings. The van der Waals surface area contributed by atoms with Crippen LogP contribution >= 0.6 is 0 Å². The average Bonchev–Trinajstić information content (AvgIpc) is 2.32. The Hall–Kier alpha value is -0.870. The number of aryl methyl sites for hydroxylation is 2. The van der Waals surface area contributed by atoms with E-state index < -0.39 is 10.0 Å². The molecule has 130 valence electrons. The summed E-state index contributed by atoms with van der Waals surface area (Å²) in [6.45, 7) is 14.5. The first kappa shape index (κ1) is 18.5. The molecule has 1 aromatic rings. The van der Waals surface area contributed by atoms with E-state index in [9.17, 15) is 8.42 Å². The maximum atomic E-state index is 13.1. The van der Waals surface area contributed by atoms with Gasteiger partial charge in [-0.05, 0) is 80.5 Å². The Labute approximate surface area is 141 Å². The lowest BCUT2D eigenvalue weighted by molar-refractivity contribution is 0.163. The van der Waals surface area contributed by atoms with Gasteiger partial charge in [0, 0.05) is 6.04 Å². The van der Waals surface area contributed by atoms with Crippen molar-refractivity contribution in [2.24, 2.45) is 11.3 Å². The first-order valence-corrected chi connectivity index (χ1v) is 10.0. The van der Waals surface area contributed by atoms with Gasteiger partial charge in [0.25, 0.3) is 0 Å². The quantitative estimate of drug-likeness (QED) is 0.888. The predicted octanol–water partition coefficient (Wildman–Crippen LogP) is 4.41. The van der Waals surface area contributed by atoms with Crippen molar-refractivity contribution in [3.63, 3.8) is 0 Å². The predicted molar refractivity (Wildman–Crippen MR) is 96.3 cm³/mol. The highest BCUT2D eigenvalue weighted by atomic mass is 32.2. The molecule has 1 N–H and O–H groups in total. The summed E-state index contributed by atoms with van der Waals surface area (Å²) < 4.78 is 29.1. The number of sulfonamides is 1. The summed E-state index contributed by atoms with van der Waals surface area (Å²) in [7, 11) is -3.49. The standard InChI is InChI=1S/C19H31NO2S/c1-12-8-17(11-19(6,7)10-12)20-23(21,22)18-15(4)13(2)9-14(3)16(18)5/h9,12,17,20H,8,10-11H2,1-7H3. The third-order valence-electron chi connectivity index (χ3n) is 5.27. The van der Waals surface area contributed by atoms with Crippen LogP contribution in [-0.4, -0.2) is 14.5 Å². The molecule has 3 nitrogen and oxygen atoms in total. The van der Waals surface area contributed by atoms with E-state index in [1.165, 1.54) is 0 Å². The van der Waals surface area contributed by atoms with Crippen molar-refractivity contribution in [2.75, 3.05) is 0 Å². The lowest BCUT2D eigenvalue weighted by atomic mass is 9.71. The highest BCUT2D eigenvalue weighted by molar-refractivity contribution is 7.89. The Morgan fingerprint density at radius 3 is 2.04 bits per heavy atom. The lowest BCUT2D eigenvalue weighted by Crippen LogP contribution is -2.43. The first-order chi connectivity index (χ1) is 10.4. The Kier molecular flexibility index (Phi) is 4.99. The summed E-state index contributed by atoms with van der Waals surface area (Å²) in [4.78, 5) is 0.478. The summed E-state index contributed by atoms with van der Waals surface area (Å²) in [5.41, 5.74) is 3.99. The van der Waals surface area contributed by atoms with Gasteiger partial charge in [0.15, 0.2) is 0 Å². The first-order valence-electron chi connectivity index (χ1n) is 8.53. The Balaban J connectivity index is 2.37. The van der Waals surface area contributed by atoms with E-state index >= 15 is 0 Å². The topological polar surface area (TPSA) is 46.2 Å². The molecule has 2 atom stereocenters. The fourth-order valence-electron chi connectivity index (χ4n) is 4.30.